The van der Waals surface area contributed by atoms with E-state index in [2.05, 4.69) is 45.8 Å². The van der Waals surface area contributed by atoms with Gasteiger partial charge in [0.15, 0.2) is 0 Å². The number of carbonyl (C=O) groups excluding carboxylic acids is 1. The van der Waals surface area contributed by atoms with Gasteiger partial charge in [-0.3, -0.25) is 15.0 Å². The first-order valence-corrected chi connectivity index (χ1v) is 13.4. The molecule has 0 amide bonds. The standard InChI is InChI=1S/C15H13NO2.2C11H9N.Ir/c1-11(2)15(17)18-13-7-5-6-12(10-13)14-8-3-4-9-16-14;2*1-2-6-10(7-3-1)11-8-4-5-9-12-11;/h3-10H,1H2,2H3;2*1-9H;. The predicted molar refractivity (Wildman–Crippen MR) is 169 cm³/mol. The Morgan fingerprint density at radius 1 is 0.535 bits per heavy atom. The second-order valence-electron chi connectivity index (χ2n) is 9.07. The molecule has 0 bridgehead atoms. The molecule has 0 aliphatic carbocycles. The smallest absolute Gasteiger partial charge is 0.338 e. The van der Waals surface area contributed by atoms with Crippen molar-refractivity contribution in [1.29, 1.82) is 0 Å². The summed E-state index contributed by atoms with van der Waals surface area (Å²) in [5.41, 5.74) is 6.50. The Hall–Kier alpha value is -5.03. The molecule has 3 aromatic heterocycles. The maximum Gasteiger partial charge on any atom is 0.338 e. The van der Waals surface area contributed by atoms with Gasteiger partial charge in [-0.15, -0.1) is 0 Å². The van der Waals surface area contributed by atoms with Crippen molar-refractivity contribution in [2.45, 2.75) is 6.92 Å². The summed E-state index contributed by atoms with van der Waals surface area (Å²) in [5.74, 6) is 0.0688. The fraction of sp³-hybridized carbons (Fsp3) is 0.0270. The van der Waals surface area contributed by atoms with Crippen LogP contribution >= 0.6 is 0 Å². The molecule has 6 aromatic rings. The van der Waals surface area contributed by atoms with E-state index in [4.69, 9.17) is 4.74 Å². The number of esters is 1. The van der Waals surface area contributed by atoms with E-state index in [1.807, 2.05) is 116 Å². The van der Waals surface area contributed by atoms with Crippen molar-refractivity contribution in [2.24, 2.45) is 0 Å². The zero-order valence-electron chi connectivity index (χ0n) is 23.7. The first-order chi connectivity index (χ1) is 20.6. The van der Waals surface area contributed by atoms with Gasteiger partial charge in [0.05, 0.1) is 17.1 Å². The van der Waals surface area contributed by atoms with Crippen LogP contribution < -0.4 is 4.74 Å². The summed E-state index contributed by atoms with van der Waals surface area (Å²) in [5, 5.41) is 0. The third-order valence-electron chi connectivity index (χ3n) is 5.82. The Morgan fingerprint density at radius 3 is 1.33 bits per heavy atom. The molecular weight excluding hydrogens is 711 g/mol. The minimum absolute atomic E-state index is 0. The summed E-state index contributed by atoms with van der Waals surface area (Å²) >= 11 is 0. The average molecular weight is 742 g/mol. The van der Waals surface area contributed by atoms with Crippen LogP contribution in [0.3, 0.4) is 0 Å². The molecule has 0 unspecified atom stereocenters. The zero-order valence-corrected chi connectivity index (χ0v) is 26.1. The van der Waals surface area contributed by atoms with Gasteiger partial charge in [-0.2, -0.15) is 0 Å². The van der Waals surface area contributed by atoms with E-state index in [1.165, 1.54) is 0 Å². The molecule has 0 saturated heterocycles. The minimum Gasteiger partial charge on any atom is -0.423 e. The third kappa shape index (κ3) is 10.7. The largest absolute Gasteiger partial charge is 0.423 e. The molecule has 1 radical (unpaired) electrons. The number of aromatic nitrogens is 3. The fourth-order valence-corrected chi connectivity index (χ4v) is 3.73. The normalized spacial score (nSPS) is 9.51. The zero-order chi connectivity index (χ0) is 29.4. The predicted octanol–water partition coefficient (Wildman–Crippen LogP) is 8.72. The maximum absolute atomic E-state index is 11.4. The van der Waals surface area contributed by atoms with Gasteiger partial charge in [0.25, 0.3) is 0 Å². The summed E-state index contributed by atoms with van der Waals surface area (Å²) in [6, 6.07) is 45.1. The quantitative estimate of drug-likeness (QED) is 0.101. The molecule has 0 saturated carbocycles. The van der Waals surface area contributed by atoms with E-state index < -0.39 is 5.97 Å². The number of benzene rings is 3. The van der Waals surface area contributed by atoms with Crippen molar-refractivity contribution in [1.82, 2.24) is 15.0 Å². The number of hydrogen-bond acceptors (Lipinski definition) is 5. The molecule has 43 heavy (non-hydrogen) atoms. The molecule has 0 aliphatic heterocycles. The van der Waals surface area contributed by atoms with Crippen LogP contribution in [0.5, 0.6) is 5.75 Å². The van der Waals surface area contributed by atoms with Gasteiger partial charge in [0, 0.05) is 61.0 Å². The Labute approximate surface area is 266 Å². The van der Waals surface area contributed by atoms with Crippen molar-refractivity contribution >= 4 is 5.97 Å². The van der Waals surface area contributed by atoms with Crippen LogP contribution in [0.25, 0.3) is 33.8 Å². The molecule has 5 nitrogen and oxygen atoms in total. The van der Waals surface area contributed by atoms with Gasteiger partial charge in [0.1, 0.15) is 5.75 Å². The summed E-state index contributed by atoms with van der Waals surface area (Å²) in [4.78, 5) is 24.2. The van der Waals surface area contributed by atoms with Crippen LogP contribution in [-0.4, -0.2) is 20.9 Å². The van der Waals surface area contributed by atoms with Crippen molar-refractivity contribution in [3.63, 3.8) is 0 Å². The van der Waals surface area contributed by atoms with Crippen LogP contribution in [0.15, 0.2) is 170 Å². The van der Waals surface area contributed by atoms with E-state index in [1.54, 1.807) is 25.3 Å². The molecule has 0 spiro atoms. The molecule has 3 aromatic carbocycles. The maximum atomic E-state index is 11.4. The van der Waals surface area contributed by atoms with Crippen molar-refractivity contribution in [3.05, 3.63) is 170 Å². The van der Waals surface area contributed by atoms with Gasteiger partial charge >= 0.3 is 5.97 Å². The molecule has 6 heteroatoms. The van der Waals surface area contributed by atoms with E-state index in [0.29, 0.717) is 11.3 Å². The van der Waals surface area contributed by atoms with Crippen LogP contribution in [0.4, 0.5) is 0 Å². The molecule has 6 rings (SSSR count). The fourth-order valence-electron chi connectivity index (χ4n) is 3.73. The minimum atomic E-state index is -0.423. The van der Waals surface area contributed by atoms with Crippen molar-refractivity contribution in [2.75, 3.05) is 0 Å². The van der Waals surface area contributed by atoms with Crippen LogP contribution in [0, 0.1) is 0 Å². The van der Waals surface area contributed by atoms with Crippen molar-refractivity contribution in [3.8, 4) is 39.5 Å². The number of carbonyl (C=O) groups is 1. The molecule has 215 valence electrons. The van der Waals surface area contributed by atoms with Crippen LogP contribution in [0.1, 0.15) is 6.92 Å². The number of nitrogens with zero attached hydrogens (tertiary/aromatic N) is 3. The third-order valence-corrected chi connectivity index (χ3v) is 5.82. The van der Waals surface area contributed by atoms with E-state index in [-0.39, 0.29) is 20.1 Å². The van der Waals surface area contributed by atoms with Gasteiger partial charge in [0.2, 0.25) is 0 Å². The van der Waals surface area contributed by atoms with Crippen LogP contribution in [-0.2, 0) is 24.9 Å². The summed E-state index contributed by atoms with van der Waals surface area (Å²) in [7, 11) is 0. The van der Waals surface area contributed by atoms with Crippen molar-refractivity contribution < 1.29 is 29.6 Å². The number of rotatable bonds is 5. The van der Waals surface area contributed by atoms with Gasteiger partial charge in [-0.1, -0.05) is 97.6 Å². The second kappa shape index (κ2) is 17.7. The molecule has 0 atom stereocenters. The average Bonchev–Trinajstić information content (AvgIpc) is 3.07. The SMILES string of the molecule is C=C(C)C(=O)Oc1cccc(-c2ccccn2)c1.[Ir].c1ccc(-c2ccccn2)cc1.c1ccc(-c2ccccn2)cc1. The number of hydrogen-bond donors (Lipinski definition) is 0. The molecule has 0 fully saturated rings. The monoisotopic (exact) mass is 742 g/mol. The Morgan fingerprint density at radius 2 is 0.930 bits per heavy atom. The number of ether oxygens (including phenoxy) is 1. The van der Waals surface area contributed by atoms with E-state index in [0.717, 1.165) is 33.8 Å². The summed E-state index contributed by atoms with van der Waals surface area (Å²) in [6.07, 6.45) is 5.34. The summed E-state index contributed by atoms with van der Waals surface area (Å²) < 4.78 is 5.17. The van der Waals surface area contributed by atoms with Gasteiger partial charge in [-0.05, 0) is 55.5 Å². The van der Waals surface area contributed by atoms with Gasteiger partial charge in [-0.25, -0.2) is 4.79 Å². The molecular formula is C37H31IrN3O2. The molecule has 0 N–H and O–H groups in total. The van der Waals surface area contributed by atoms with Gasteiger partial charge < -0.3 is 4.74 Å². The summed E-state index contributed by atoms with van der Waals surface area (Å²) in [6.45, 7) is 5.16. The van der Waals surface area contributed by atoms with E-state index >= 15 is 0 Å². The Balaban J connectivity index is 0.000000180. The van der Waals surface area contributed by atoms with Crippen LogP contribution in [0.2, 0.25) is 0 Å². The van der Waals surface area contributed by atoms with E-state index in [9.17, 15) is 4.79 Å². The first-order valence-electron chi connectivity index (χ1n) is 13.4. The topological polar surface area (TPSA) is 65.0 Å². The number of pyridine rings is 3. The Kier molecular flexibility index (Phi) is 13.4. The second-order valence-corrected chi connectivity index (χ2v) is 9.07. The molecule has 0 aliphatic rings. The Bertz CT molecular complexity index is 1520. The first kappa shape index (κ1) is 32.5. The molecule has 3 heterocycles.